The van der Waals surface area contributed by atoms with Crippen LogP contribution >= 0.6 is 0 Å². The number of esters is 3. The van der Waals surface area contributed by atoms with Crippen LogP contribution in [0.5, 0.6) is 0 Å². The van der Waals surface area contributed by atoms with Crippen molar-refractivity contribution in [1.82, 2.24) is 0 Å². The zero-order valence-corrected chi connectivity index (χ0v) is 15.7. The van der Waals surface area contributed by atoms with Crippen LogP contribution in [0.25, 0.3) is 0 Å². The van der Waals surface area contributed by atoms with Crippen molar-refractivity contribution >= 4 is 23.7 Å². The molecule has 6 atom stereocenters. The summed E-state index contributed by atoms with van der Waals surface area (Å²) in [6.45, 7) is 9.34. The third-order valence-corrected chi connectivity index (χ3v) is 5.99. The summed E-state index contributed by atoms with van der Waals surface area (Å²) in [5.74, 6) is -2.94. The van der Waals surface area contributed by atoms with Gasteiger partial charge in [-0.2, -0.15) is 0 Å². The second kappa shape index (κ2) is 6.94. The molecule has 0 spiro atoms. The van der Waals surface area contributed by atoms with E-state index in [1.54, 1.807) is 13.8 Å². The lowest BCUT2D eigenvalue weighted by molar-refractivity contribution is -0.168. The van der Waals surface area contributed by atoms with Gasteiger partial charge in [0.05, 0.1) is 17.9 Å². The van der Waals surface area contributed by atoms with Crippen molar-refractivity contribution < 1.29 is 33.4 Å². The summed E-state index contributed by atoms with van der Waals surface area (Å²) in [6, 6.07) is 0. The van der Waals surface area contributed by atoms with Crippen molar-refractivity contribution in [3.05, 3.63) is 24.3 Å². The summed E-state index contributed by atoms with van der Waals surface area (Å²) in [4.78, 5) is 48.9. The lowest BCUT2D eigenvalue weighted by atomic mass is 9.67. The lowest BCUT2D eigenvalue weighted by Crippen LogP contribution is -2.49. The van der Waals surface area contributed by atoms with E-state index >= 15 is 0 Å². The fourth-order valence-corrected chi connectivity index (χ4v) is 4.66. The topological polar surface area (TPSA) is 96.0 Å². The fraction of sp³-hybridized carbons (Fsp3) is 0.600. The molecule has 1 saturated carbocycles. The molecule has 0 aromatic heterocycles. The van der Waals surface area contributed by atoms with Gasteiger partial charge in [-0.1, -0.05) is 19.6 Å². The van der Waals surface area contributed by atoms with Gasteiger partial charge in [-0.25, -0.2) is 4.79 Å². The molecule has 3 aliphatic rings. The van der Waals surface area contributed by atoms with Crippen LogP contribution in [0.15, 0.2) is 24.3 Å². The number of ether oxygens (including phenoxy) is 3. The van der Waals surface area contributed by atoms with Gasteiger partial charge in [0.1, 0.15) is 18.6 Å². The molecule has 0 aromatic rings. The predicted octanol–water partition coefficient (Wildman–Crippen LogP) is 1.75. The highest BCUT2D eigenvalue weighted by Gasteiger charge is 2.62. The van der Waals surface area contributed by atoms with Crippen molar-refractivity contribution in [2.45, 2.75) is 45.8 Å². The van der Waals surface area contributed by atoms with Crippen molar-refractivity contribution in [2.24, 2.45) is 23.2 Å². The maximum atomic E-state index is 12.8. The summed E-state index contributed by atoms with van der Waals surface area (Å²) in [7, 11) is 0. The first kappa shape index (κ1) is 19.3. The van der Waals surface area contributed by atoms with Crippen molar-refractivity contribution in [3.63, 3.8) is 0 Å². The highest BCUT2D eigenvalue weighted by atomic mass is 16.6. The quantitative estimate of drug-likeness (QED) is 0.319. The van der Waals surface area contributed by atoms with E-state index in [9.17, 15) is 19.2 Å². The highest BCUT2D eigenvalue weighted by molar-refractivity contribution is 5.99. The van der Waals surface area contributed by atoms with Gasteiger partial charge in [0, 0.05) is 5.57 Å². The van der Waals surface area contributed by atoms with Gasteiger partial charge in [0.15, 0.2) is 5.78 Å². The van der Waals surface area contributed by atoms with Gasteiger partial charge in [0.2, 0.25) is 0 Å². The SMILES string of the molecule is C=C1C(=O)O[C@@H]2C[C@@H](C)[C@@H]3C=CC(=O)[C@@]3(C)[C@@H](OC(=O)CC(=O)OCC)[C@H]12. The largest absolute Gasteiger partial charge is 0.466 e. The number of hydrogen-bond donors (Lipinski definition) is 0. The molecule has 0 amide bonds. The molecule has 2 aliphatic carbocycles. The first-order valence-electron chi connectivity index (χ1n) is 9.17. The minimum absolute atomic E-state index is 0.0395. The smallest absolute Gasteiger partial charge is 0.334 e. The normalized spacial score (nSPS) is 37.3. The Morgan fingerprint density at radius 3 is 2.70 bits per heavy atom. The van der Waals surface area contributed by atoms with Gasteiger partial charge in [-0.05, 0) is 38.2 Å². The van der Waals surface area contributed by atoms with Gasteiger partial charge in [0.25, 0.3) is 0 Å². The zero-order chi connectivity index (χ0) is 19.9. The Kier molecular flexibility index (Phi) is 4.97. The van der Waals surface area contributed by atoms with Crippen LogP contribution in [-0.2, 0) is 33.4 Å². The van der Waals surface area contributed by atoms with E-state index in [-0.39, 0.29) is 29.8 Å². The van der Waals surface area contributed by atoms with Crippen molar-refractivity contribution in [1.29, 1.82) is 0 Å². The molecule has 2 fully saturated rings. The van der Waals surface area contributed by atoms with Crippen LogP contribution in [-0.4, -0.2) is 42.5 Å². The number of allylic oxidation sites excluding steroid dienone is 2. The summed E-state index contributed by atoms with van der Waals surface area (Å²) in [5.41, 5.74) is -0.845. The average molecular weight is 376 g/mol. The Balaban J connectivity index is 1.95. The molecule has 0 N–H and O–H groups in total. The second-order valence-corrected chi connectivity index (χ2v) is 7.63. The molecular weight excluding hydrogens is 352 g/mol. The maximum Gasteiger partial charge on any atom is 0.334 e. The minimum atomic E-state index is -1.04. The van der Waals surface area contributed by atoms with Crippen molar-refractivity contribution in [3.8, 4) is 0 Å². The van der Waals surface area contributed by atoms with Crippen LogP contribution in [0.1, 0.15) is 33.6 Å². The van der Waals surface area contributed by atoms with Gasteiger partial charge in [-0.3, -0.25) is 14.4 Å². The van der Waals surface area contributed by atoms with Crippen LogP contribution < -0.4 is 0 Å². The first-order chi connectivity index (χ1) is 12.7. The van der Waals surface area contributed by atoms with Crippen LogP contribution in [0.4, 0.5) is 0 Å². The van der Waals surface area contributed by atoms with Gasteiger partial charge >= 0.3 is 17.9 Å². The lowest BCUT2D eigenvalue weighted by Gasteiger charge is -2.39. The van der Waals surface area contributed by atoms with E-state index in [1.807, 2.05) is 13.0 Å². The first-order valence-corrected chi connectivity index (χ1v) is 9.17. The van der Waals surface area contributed by atoms with Crippen LogP contribution in [0.3, 0.4) is 0 Å². The summed E-state index contributed by atoms with van der Waals surface area (Å²) in [6.07, 6.45) is 1.88. The molecule has 0 radical (unpaired) electrons. The van der Waals surface area contributed by atoms with Crippen LogP contribution in [0, 0.1) is 23.2 Å². The Labute approximate surface area is 157 Å². The van der Waals surface area contributed by atoms with E-state index in [4.69, 9.17) is 14.2 Å². The molecule has 7 heteroatoms. The number of carbonyl (C=O) groups is 4. The molecule has 1 saturated heterocycles. The van der Waals surface area contributed by atoms with Gasteiger partial charge in [-0.15, -0.1) is 0 Å². The molecule has 27 heavy (non-hydrogen) atoms. The molecule has 1 aliphatic heterocycles. The Hall–Kier alpha value is -2.44. The molecule has 0 bridgehead atoms. The molecule has 0 aromatic carbocycles. The van der Waals surface area contributed by atoms with E-state index < -0.39 is 47.9 Å². The van der Waals surface area contributed by atoms with E-state index in [0.717, 1.165) is 0 Å². The standard InChI is InChI=1S/C20H24O7/c1-5-25-15(22)9-16(23)27-18-17-11(3)19(24)26-13(17)8-10(2)12-6-7-14(21)20(12,18)4/h6-7,10,12-13,17-18H,3,5,8-9H2,1-2,4H3/t10-,12+,13-,17-,18+,20+/m1/s1. The minimum Gasteiger partial charge on any atom is -0.466 e. The van der Waals surface area contributed by atoms with E-state index in [2.05, 4.69) is 6.58 Å². The third kappa shape index (κ3) is 3.09. The van der Waals surface area contributed by atoms with E-state index in [1.165, 1.54) is 6.08 Å². The average Bonchev–Trinajstić information content (AvgIpc) is 3.00. The summed E-state index contributed by atoms with van der Waals surface area (Å²) >= 11 is 0. The van der Waals surface area contributed by atoms with Crippen molar-refractivity contribution in [2.75, 3.05) is 6.61 Å². The molecular formula is C20H24O7. The molecule has 146 valence electrons. The predicted molar refractivity (Wildman–Crippen MR) is 93.2 cm³/mol. The van der Waals surface area contributed by atoms with Gasteiger partial charge < -0.3 is 14.2 Å². The maximum absolute atomic E-state index is 12.8. The number of carbonyl (C=O) groups excluding carboxylic acids is 4. The Morgan fingerprint density at radius 2 is 2.04 bits per heavy atom. The summed E-state index contributed by atoms with van der Waals surface area (Å²) in [5, 5.41) is 0. The number of hydrogen-bond acceptors (Lipinski definition) is 7. The Morgan fingerprint density at radius 1 is 1.33 bits per heavy atom. The number of fused-ring (bicyclic) bond motifs is 2. The molecule has 1 heterocycles. The molecule has 7 nitrogen and oxygen atoms in total. The third-order valence-electron chi connectivity index (χ3n) is 5.99. The zero-order valence-electron chi connectivity index (χ0n) is 15.7. The van der Waals surface area contributed by atoms with E-state index in [0.29, 0.717) is 6.42 Å². The molecule has 3 rings (SSSR count). The number of ketones is 1. The fourth-order valence-electron chi connectivity index (χ4n) is 4.66. The monoisotopic (exact) mass is 376 g/mol. The Bertz CT molecular complexity index is 737. The van der Waals surface area contributed by atoms with Crippen LogP contribution in [0.2, 0.25) is 0 Å². The molecule has 0 unspecified atom stereocenters. The number of rotatable bonds is 4. The highest BCUT2D eigenvalue weighted by Crippen LogP contribution is 2.54. The summed E-state index contributed by atoms with van der Waals surface area (Å²) < 4.78 is 15.9. The second-order valence-electron chi connectivity index (χ2n) is 7.63.